The number of carbonyl (C=O) groups excluding carboxylic acids is 1. The van der Waals surface area contributed by atoms with Crippen LogP contribution in [0.15, 0.2) is 55.0 Å². The predicted molar refractivity (Wildman–Crippen MR) is 91.6 cm³/mol. The molecule has 3 aromatic rings. The van der Waals surface area contributed by atoms with E-state index in [1.54, 1.807) is 24.4 Å². The van der Waals surface area contributed by atoms with Crippen LogP contribution in [0, 0.1) is 0 Å². The summed E-state index contributed by atoms with van der Waals surface area (Å²) in [5.41, 5.74) is 1.54. The number of hydrogen-bond acceptors (Lipinski definition) is 6. The Labute approximate surface area is 143 Å². The van der Waals surface area contributed by atoms with E-state index in [-0.39, 0.29) is 0 Å². The van der Waals surface area contributed by atoms with Crippen molar-refractivity contribution in [3.63, 3.8) is 0 Å². The molecule has 4 rings (SSSR count). The first-order valence-electron chi connectivity index (χ1n) is 7.77. The first kappa shape index (κ1) is 15.1. The van der Waals surface area contributed by atoms with Crippen molar-refractivity contribution >= 4 is 22.9 Å². The van der Waals surface area contributed by atoms with Crippen LogP contribution in [0.4, 0.5) is 0 Å². The highest BCUT2D eigenvalue weighted by molar-refractivity contribution is 5.89. The van der Waals surface area contributed by atoms with Crippen LogP contribution in [0.5, 0.6) is 17.2 Å². The van der Waals surface area contributed by atoms with Crippen molar-refractivity contribution in [2.75, 3.05) is 13.2 Å². The van der Waals surface area contributed by atoms with Crippen LogP contribution in [0.2, 0.25) is 0 Å². The molecule has 2 aromatic carbocycles. The number of esters is 1. The summed E-state index contributed by atoms with van der Waals surface area (Å²) in [6, 6.07) is 10.7. The van der Waals surface area contributed by atoms with Crippen LogP contribution in [0.1, 0.15) is 5.56 Å². The van der Waals surface area contributed by atoms with Gasteiger partial charge in [-0.05, 0) is 35.9 Å². The van der Waals surface area contributed by atoms with E-state index in [0.717, 1.165) is 16.5 Å². The standard InChI is InChI=1S/C19H14N2O4/c22-19(25-15-4-3-14-11-20-12-21-16(14)10-15)6-2-13-1-5-17-18(9-13)24-8-7-23-17/h1-6,9-12H,7-8H2/b6-2+. The SMILES string of the molecule is O=C(/C=C/c1ccc2c(c1)OCCO2)Oc1ccc2cncnc2c1. The minimum atomic E-state index is -0.469. The molecule has 0 unspecified atom stereocenters. The largest absolute Gasteiger partial charge is 0.486 e. The van der Waals surface area contributed by atoms with Gasteiger partial charge in [0.25, 0.3) is 0 Å². The second-order valence-corrected chi connectivity index (χ2v) is 5.40. The fourth-order valence-corrected chi connectivity index (χ4v) is 2.50. The number of rotatable bonds is 3. The predicted octanol–water partition coefficient (Wildman–Crippen LogP) is 3.02. The third-order valence-corrected chi connectivity index (χ3v) is 3.68. The maximum absolute atomic E-state index is 12.0. The van der Waals surface area contributed by atoms with Gasteiger partial charge in [-0.25, -0.2) is 14.8 Å². The normalized spacial score (nSPS) is 13.1. The molecule has 0 fully saturated rings. The summed E-state index contributed by atoms with van der Waals surface area (Å²) in [5, 5.41) is 0.883. The molecular formula is C19H14N2O4. The monoisotopic (exact) mass is 334 g/mol. The van der Waals surface area contributed by atoms with Gasteiger partial charge in [-0.1, -0.05) is 6.07 Å². The van der Waals surface area contributed by atoms with Crippen molar-refractivity contribution < 1.29 is 19.0 Å². The maximum Gasteiger partial charge on any atom is 0.336 e. The van der Waals surface area contributed by atoms with Gasteiger partial charge >= 0.3 is 5.97 Å². The van der Waals surface area contributed by atoms with Gasteiger partial charge in [0.1, 0.15) is 25.3 Å². The molecule has 0 aliphatic carbocycles. The summed E-state index contributed by atoms with van der Waals surface area (Å²) in [6.07, 6.45) is 6.20. The summed E-state index contributed by atoms with van der Waals surface area (Å²) in [4.78, 5) is 20.1. The van der Waals surface area contributed by atoms with E-state index in [2.05, 4.69) is 9.97 Å². The molecule has 0 radical (unpaired) electrons. The van der Waals surface area contributed by atoms with Crippen LogP contribution in [-0.4, -0.2) is 29.2 Å². The van der Waals surface area contributed by atoms with Crippen molar-refractivity contribution in [3.8, 4) is 17.2 Å². The number of nitrogens with zero attached hydrogens (tertiary/aromatic N) is 2. The second-order valence-electron chi connectivity index (χ2n) is 5.40. The molecule has 0 N–H and O–H groups in total. The van der Waals surface area contributed by atoms with E-state index >= 15 is 0 Å². The molecule has 0 spiro atoms. The highest BCUT2D eigenvalue weighted by Crippen LogP contribution is 2.31. The number of hydrogen-bond donors (Lipinski definition) is 0. The third-order valence-electron chi connectivity index (χ3n) is 3.68. The maximum atomic E-state index is 12.0. The molecule has 1 aliphatic heterocycles. The molecule has 0 saturated heterocycles. The number of aromatic nitrogens is 2. The minimum Gasteiger partial charge on any atom is -0.486 e. The summed E-state index contributed by atoms with van der Waals surface area (Å²) < 4.78 is 16.3. The fourth-order valence-electron chi connectivity index (χ4n) is 2.50. The van der Waals surface area contributed by atoms with Crippen LogP contribution in [0.25, 0.3) is 17.0 Å². The smallest absolute Gasteiger partial charge is 0.336 e. The van der Waals surface area contributed by atoms with Crippen LogP contribution < -0.4 is 14.2 Å². The molecule has 2 heterocycles. The fraction of sp³-hybridized carbons (Fsp3) is 0.105. The molecule has 0 atom stereocenters. The van der Waals surface area contributed by atoms with Crippen molar-refractivity contribution in [2.24, 2.45) is 0 Å². The Bertz CT molecular complexity index is 969. The van der Waals surface area contributed by atoms with Crippen molar-refractivity contribution in [1.29, 1.82) is 0 Å². The van der Waals surface area contributed by atoms with Gasteiger partial charge in [0.15, 0.2) is 11.5 Å². The van der Waals surface area contributed by atoms with E-state index in [1.807, 2.05) is 24.3 Å². The molecule has 0 amide bonds. The Morgan fingerprint density at radius 3 is 2.88 bits per heavy atom. The van der Waals surface area contributed by atoms with Gasteiger partial charge in [-0.3, -0.25) is 0 Å². The molecule has 1 aliphatic rings. The van der Waals surface area contributed by atoms with Gasteiger partial charge in [0.2, 0.25) is 0 Å². The summed E-state index contributed by atoms with van der Waals surface area (Å²) in [5.74, 6) is 1.35. The number of carbonyl (C=O) groups is 1. The quantitative estimate of drug-likeness (QED) is 0.416. The van der Waals surface area contributed by atoms with Crippen LogP contribution in [0.3, 0.4) is 0 Å². The highest BCUT2D eigenvalue weighted by Gasteiger charge is 2.11. The topological polar surface area (TPSA) is 70.5 Å². The van der Waals surface area contributed by atoms with Crippen molar-refractivity contribution in [2.45, 2.75) is 0 Å². The molecule has 124 valence electrons. The lowest BCUT2D eigenvalue weighted by atomic mass is 10.2. The van der Waals surface area contributed by atoms with Gasteiger partial charge in [0.05, 0.1) is 5.52 Å². The molecular weight excluding hydrogens is 320 g/mol. The molecule has 0 saturated carbocycles. The first-order chi connectivity index (χ1) is 12.3. The highest BCUT2D eigenvalue weighted by atomic mass is 16.6. The lowest BCUT2D eigenvalue weighted by Crippen LogP contribution is -2.15. The lowest BCUT2D eigenvalue weighted by molar-refractivity contribution is -0.128. The van der Waals surface area contributed by atoms with E-state index in [0.29, 0.717) is 30.5 Å². The van der Waals surface area contributed by atoms with Gasteiger partial charge < -0.3 is 14.2 Å². The van der Waals surface area contributed by atoms with Crippen molar-refractivity contribution in [3.05, 3.63) is 60.6 Å². The van der Waals surface area contributed by atoms with Crippen molar-refractivity contribution in [1.82, 2.24) is 9.97 Å². The summed E-state index contributed by atoms with van der Waals surface area (Å²) in [7, 11) is 0. The average molecular weight is 334 g/mol. The zero-order valence-electron chi connectivity index (χ0n) is 13.2. The van der Waals surface area contributed by atoms with Crippen LogP contribution >= 0.6 is 0 Å². The lowest BCUT2D eigenvalue weighted by Gasteiger charge is -2.18. The van der Waals surface area contributed by atoms with E-state index < -0.39 is 5.97 Å². The average Bonchev–Trinajstić information content (AvgIpc) is 2.66. The summed E-state index contributed by atoms with van der Waals surface area (Å²) >= 11 is 0. The van der Waals surface area contributed by atoms with Gasteiger partial charge in [0, 0.05) is 23.7 Å². The Hall–Kier alpha value is -3.41. The molecule has 1 aromatic heterocycles. The Balaban J connectivity index is 1.46. The Kier molecular flexibility index (Phi) is 4.00. The summed E-state index contributed by atoms with van der Waals surface area (Å²) in [6.45, 7) is 1.07. The Morgan fingerprint density at radius 1 is 1.08 bits per heavy atom. The van der Waals surface area contributed by atoms with Crippen LogP contribution in [-0.2, 0) is 4.79 Å². The number of fused-ring (bicyclic) bond motifs is 2. The molecule has 6 nitrogen and oxygen atoms in total. The zero-order chi connectivity index (χ0) is 17.1. The van der Waals surface area contributed by atoms with E-state index in [4.69, 9.17) is 14.2 Å². The molecule has 25 heavy (non-hydrogen) atoms. The molecule has 0 bridgehead atoms. The minimum absolute atomic E-state index is 0.433. The number of benzene rings is 2. The number of ether oxygens (including phenoxy) is 3. The third kappa shape index (κ3) is 3.42. The molecule has 6 heteroatoms. The second kappa shape index (κ2) is 6.60. The van der Waals surface area contributed by atoms with Gasteiger partial charge in [-0.2, -0.15) is 0 Å². The first-order valence-corrected chi connectivity index (χ1v) is 7.77. The van der Waals surface area contributed by atoms with E-state index in [9.17, 15) is 4.79 Å². The zero-order valence-corrected chi connectivity index (χ0v) is 13.2. The van der Waals surface area contributed by atoms with E-state index in [1.165, 1.54) is 12.4 Å². The Morgan fingerprint density at radius 2 is 1.96 bits per heavy atom. The van der Waals surface area contributed by atoms with Gasteiger partial charge in [-0.15, -0.1) is 0 Å².